The Morgan fingerprint density at radius 2 is 1.38 bits per heavy atom. The van der Waals surface area contributed by atoms with Crippen LogP contribution in [0, 0.1) is 0 Å². The van der Waals surface area contributed by atoms with E-state index >= 15 is 0 Å². The van der Waals surface area contributed by atoms with Gasteiger partial charge in [0, 0.05) is 17.8 Å². The molecular formula is C35H33NO3S. The van der Waals surface area contributed by atoms with Crippen molar-refractivity contribution in [3.05, 3.63) is 143 Å². The Balaban J connectivity index is 1.07. The Morgan fingerprint density at radius 3 is 1.98 bits per heavy atom. The van der Waals surface area contributed by atoms with E-state index < -0.39 is 5.60 Å². The van der Waals surface area contributed by atoms with E-state index in [9.17, 15) is 4.79 Å². The molecule has 0 unspecified atom stereocenters. The number of carbonyl (C=O) groups excluding carboxylic acids is 1. The predicted octanol–water partition coefficient (Wildman–Crippen LogP) is 7.07. The van der Waals surface area contributed by atoms with Gasteiger partial charge in [-0.2, -0.15) is 0 Å². The zero-order valence-corrected chi connectivity index (χ0v) is 23.3. The molecule has 5 heteroatoms. The monoisotopic (exact) mass is 547 g/mol. The van der Waals surface area contributed by atoms with Gasteiger partial charge in [0.2, 0.25) is 5.91 Å². The number of likely N-dealkylation sites (tertiary alicyclic amines) is 1. The normalized spacial score (nSPS) is 13.8. The molecule has 1 aliphatic rings. The largest absolute Gasteiger partial charge is 0.381 e. The zero-order chi connectivity index (χ0) is 27.2. The van der Waals surface area contributed by atoms with Gasteiger partial charge in [0.05, 0.1) is 25.7 Å². The van der Waals surface area contributed by atoms with Crippen LogP contribution in [0.5, 0.6) is 0 Å². The van der Waals surface area contributed by atoms with Crippen molar-refractivity contribution in [1.29, 1.82) is 0 Å². The predicted molar refractivity (Wildman–Crippen MR) is 162 cm³/mol. The van der Waals surface area contributed by atoms with E-state index in [1.165, 1.54) is 15.6 Å². The molecule has 1 fully saturated rings. The van der Waals surface area contributed by atoms with Gasteiger partial charge in [0.1, 0.15) is 5.60 Å². The molecule has 202 valence electrons. The van der Waals surface area contributed by atoms with Gasteiger partial charge in [0.25, 0.3) is 0 Å². The number of fused-ring (bicyclic) bond motifs is 1. The van der Waals surface area contributed by atoms with Crippen molar-refractivity contribution in [2.75, 3.05) is 26.3 Å². The molecule has 1 aromatic heterocycles. The van der Waals surface area contributed by atoms with Crippen LogP contribution in [0.25, 0.3) is 10.1 Å². The highest BCUT2D eigenvalue weighted by atomic mass is 32.1. The lowest BCUT2D eigenvalue weighted by atomic mass is 9.79. The lowest BCUT2D eigenvalue weighted by Crippen LogP contribution is -2.57. The van der Waals surface area contributed by atoms with Crippen LogP contribution < -0.4 is 0 Å². The van der Waals surface area contributed by atoms with Crippen LogP contribution in [0.1, 0.15) is 28.7 Å². The maximum Gasteiger partial charge on any atom is 0.225 e. The third-order valence-corrected chi connectivity index (χ3v) is 8.50. The summed E-state index contributed by atoms with van der Waals surface area (Å²) in [6, 6.07) is 39.8. The van der Waals surface area contributed by atoms with E-state index in [4.69, 9.17) is 9.47 Å². The third kappa shape index (κ3) is 5.59. The molecule has 0 spiro atoms. The van der Waals surface area contributed by atoms with Crippen molar-refractivity contribution in [2.45, 2.75) is 24.5 Å². The molecule has 40 heavy (non-hydrogen) atoms. The standard InChI is InChI=1S/C35H33NO3S/c37-34(19-22-38-21-18-27-16-17-33-28(24-27)20-23-40-33)36-25-32(26-36)39-35(29-10-4-1-5-11-29,30-12-6-2-7-13-30)31-14-8-3-9-15-31/h1-17,20,23-24,32H,18-19,21-22,25-26H2. The SMILES string of the molecule is O=C(CCOCCc1ccc2sccc2c1)N1CC(OC(c2ccccc2)(c2ccccc2)c2ccccc2)C1. The molecule has 4 nitrogen and oxygen atoms in total. The van der Waals surface area contributed by atoms with Crippen LogP contribution in [-0.4, -0.2) is 43.2 Å². The van der Waals surface area contributed by atoms with E-state index in [2.05, 4.69) is 102 Å². The smallest absolute Gasteiger partial charge is 0.225 e. The van der Waals surface area contributed by atoms with E-state index in [-0.39, 0.29) is 12.0 Å². The zero-order valence-electron chi connectivity index (χ0n) is 22.4. The molecule has 1 amide bonds. The van der Waals surface area contributed by atoms with Crippen molar-refractivity contribution < 1.29 is 14.3 Å². The van der Waals surface area contributed by atoms with Gasteiger partial charge >= 0.3 is 0 Å². The molecule has 0 aliphatic carbocycles. The molecule has 6 rings (SSSR count). The summed E-state index contributed by atoms with van der Waals surface area (Å²) in [5, 5.41) is 3.40. The molecule has 2 heterocycles. The lowest BCUT2D eigenvalue weighted by Gasteiger charge is -2.46. The molecule has 1 aliphatic heterocycles. The van der Waals surface area contributed by atoms with Gasteiger partial charge in [-0.05, 0) is 51.6 Å². The summed E-state index contributed by atoms with van der Waals surface area (Å²) in [5.74, 6) is 0.115. The van der Waals surface area contributed by atoms with Gasteiger partial charge in [-0.1, -0.05) is 103 Å². The fraction of sp³-hybridized carbons (Fsp3) is 0.229. The highest BCUT2D eigenvalue weighted by Crippen LogP contribution is 2.42. The summed E-state index contributed by atoms with van der Waals surface area (Å²) in [4.78, 5) is 14.8. The second-order valence-corrected chi connectivity index (χ2v) is 11.2. The van der Waals surface area contributed by atoms with Crippen molar-refractivity contribution in [3.63, 3.8) is 0 Å². The van der Waals surface area contributed by atoms with Gasteiger partial charge < -0.3 is 14.4 Å². The minimum Gasteiger partial charge on any atom is -0.381 e. The first-order valence-electron chi connectivity index (χ1n) is 13.9. The molecule has 4 aromatic carbocycles. The van der Waals surface area contributed by atoms with Crippen LogP contribution in [0.2, 0.25) is 0 Å². The fourth-order valence-corrected chi connectivity index (χ4v) is 6.24. The minimum absolute atomic E-state index is 0.0718. The Morgan fingerprint density at radius 1 is 0.775 bits per heavy atom. The summed E-state index contributed by atoms with van der Waals surface area (Å²) in [5.41, 5.74) is 3.72. The number of benzene rings is 4. The van der Waals surface area contributed by atoms with E-state index in [1.807, 2.05) is 23.1 Å². The Bertz CT molecular complexity index is 1430. The number of carbonyl (C=O) groups is 1. The average molecular weight is 548 g/mol. The van der Waals surface area contributed by atoms with Gasteiger partial charge in [-0.25, -0.2) is 0 Å². The minimum atomic E-state index is -0.765. The van der Waals surface area contributed by atoms with Crippen LogP contribution in [0.4, 0.5) is 0 Å². The topological polar surface area (TPSA) is 38.8 Å². The second kappa shape index (κ2) is 12.2. The molecule has 0 radical (unpaired) electrons. The van der Waals surface area contributed by atoms with Gasteiger partial charge in [0.15, 0.2) is 0 Å². The number of hydrogen-bond donors (Lipinski definition) is 0. The Labute approximate surface area is 239 Å². The summed E-state index contributed by atoms with van der Waals surface area (Å²) in [6.07, 6.45) is 1.16. The molecule has 0 bridgehead atoms. The van der Waals surface area contributed by atoms with Gasteiger partial charge in [-0.3, -0.25) is 4.79 Å². The van der Waals surface area contributed by atoms with Crippen molar-refractivity contribution >= 4 is 27.3 Å². The number of thiophene rings is 1. The first kappa shape index (κ1) is 26.5. The maximum atomic E-state index is 12.9. The molecule has 0 saturated carbocycles. The van der Waals surface area contributed by atoms with E-state index in [1.54, 1.807) is 11.3 Å². The number of ether oxygens (including phenoxy) is 2. The highest BCUT2D eigenvalue weighted by Gasteiger charge is 2.43. The molecule has 0 N–H and O–H groups in total. The van der Waals surface area contributed by atoms with E-state index in [0.29, 0.717) is 32.7 Å². The lowest BCUT2D eigenvalue weighted by molar-refractivity contribution is -0.156. The molecule has 0 atom stereocenters. The Kier molecular flexibility index (Phi) is 8.05. The van der Waals surface area contributed by atoms with Crippen molar-refractivity contribution in [3.8, 4) is 0 Å². The van der Waals surface area contributed by atoms with Crippen LogP contribution in [-0.2, 0) is 26.3 Å². The summed E-state index contributed by atoms with van der Waals surface area (Å²) in [6.45, 7) is 2.20. The number of hydrogen-bond acceptors (Lipinski definition) is 4. The first-order chi connectivity index (χ1) is 19.7. The molecule has 5 aromatic rings. The van der Waals surface area contributed by atoms with Crippen LogP contribution >= 0.6 is 11.3 Å². The Hall–Kier alpha value is -3.77. The number of amides is 1. The molecule has 1 saturated heterocycles. The fourth-order valence-electron chi connectivity index (χ4n) is 5.47. The number of rotatable bonds is 11. The van der Waals surface area contributed by atoms with Crippen LogP contribution in [0.15, 0.2) is 121 Å². The average Bonchev–Trinajstić information content (AvgIpc) is 3.46. The van der Waals surface area contributed by atoms with E-state index in [0.717, 1.165) is 23.1 Å². The second-order valence-electron chi connectivity index (χ2n) is 10.2. The molecular weight excluding hydrogens is 514 g/mol. The van der Waals surface area contributed by atoms with Gasteiger partial charge in [-0.15, -0.1) is 11.3 Å². The highest BCUT2D eigenvalue weighted by molar-refractivity contribution is 7.17. The number of nitrogens with zero attached hydrogens (tertiary/aromatic N) is 1. The first-order valence-corrected chi connectivity index (χ1v) is 14.8. The third-order valence-electron chi connectivity index (χ3n) is 7.60. The maximum absolute atomic E-state index is 12.9. The summed E-state index contributed by atoms with van der Waals surface area (Å²) in [7, 11) is 0. The van der Waals surface area contributed by atoms with Crippen molar-refractivity contribution in [2.24, 2.45) is 0 Å². The van der Waals surface area contributed by atoms with Crippen LogP contribution in [0.3, 0.4) is 0 Å². The summed E-state index contributed by atoms with van der Waals surface area (Å²) < 4.78 is 14.1. The summed E-state index contributed by atoms with van der Waals surface area (Å²) >= 11 is 1.76. The van der Waals surface area contributed by atoms with Crippen molar-refractivity contribution in [1.82, 2.24) is 4.90 Å². The quantitative estimate of drug-likeness (QED) is 0.131.